The summed E-state index contributed by atoms with van der Waals surface area (Å²) in [6, 6.07) is 7.51. The first-order valence-electron chi connectivity index (χ1n) is 12.2. The van der Waals surface area contributed by atoms with Gasteiger partial charge in [-0.15, -0.1) is 11.3 Å². The van der Waals surface area contributed by atoms with E-state index < -0.39 is 29.1 Å². The van der Waals surface area contributed by atoms with Crippen molar-refractivity contribution in [2.75, 3.05) is 25.6 Å². The second-order valence-electron chi connectivity index (χ2n) is 9.10. The number of para-hydroxylation sites is 1. The highest BCUT2D eigenvalue weighted by Crippen LogP contribution is 2.35. The Kier molecular flexibility index (Phi) is 8.85. The number of anilines is 1. The zero-order valence-corrected chi connectivity index (χ0v) is 21.9. The second-order valence-corrected chi connectivity index (χ2v) is 9.96. The largest absolute Gasteiger partial charge is 0.496 e. The fourth-order valence-corrected chi connectivity index (χ4v) is 4.58. The number of benzene rings is 2. The molecular formula is C28H28F2N2O5S. The molecule has 7 nitrogen and oxygen atoms in total. The van der Waals surface area contributed by atoms with Crippen LogP contribution in [0, 0.1) is 17.6 Å². The number of halogens is 2. The Bertz CT molecular complexity index is 1340. The molecule has 1 aliphatic rings. The number of methoxy groups -OCH3 is 1. The highest BCUT2D eigenvalue weighted by atomic mass is 32.1. The summed E-state index contributed by atoms with van der Waals surface area (Å²) >= 11 is 1.17. The van der Waals surface area contributed by atoms with Crippen LogP contribution >= 0.6 is 11.3 Å². The lowest BCUT2D eigenvalue weighted by Crippen LogP contribution is -2.13. The molecule has 10 heteroatoms. The van der Waals surface area contributed by atoms with Crippen LogP contribution in [0.3, 0.4) is 0 Å². The summed E-state index contributed by atoms with van der Waals surface area (Å²) in [5.74, 6) is -2.71. The summed E-state index contributed by atoms with van der Waals surface area (Å²) in [6.45, 7) is 2.74. The van der Waals surface area contributed by atoms with E-state index in [1.807, 2.05) is 18.2 Å². The van der Waals surface area contributed by atoms with E-state index in [2.05, 4.69) is 10.3 Å². The van der Waals surface area contributed by atoms with Gasteiger partial charge in [0.25, 0.3) is 5.91 Å². The minimum Gasteiger partial charge on any atom is -0.496 e. The first kappa shape index (κ1) is 27.4. The number of hydrogen-bond acceptors (Lipinski definition) is 6. The molecule has 0 saturated heterocycles. The summed E-state index contributed by atoms with van der Waals surface area (Å²) in [6.07, 6.45) is 5.05. The van der Waals surface area contributed by atoms with Gasteiger partial charge < -0.3 is 14.6 Å². The molecule has 1 saturated carbocycles. The van der Waals surface area contributed by atoms with Crippen LogP contribution in [0.15, 0.2) is 41.3 Å². The molecule has 0 unspecified atom stereocenters. The van der Waals surface area contributed by atoms with Crippen molar-refractivity contribution in [3.63, 3.8) is 0 Å². The highest BCUT2D eigenvalue weighted by Gasteiger charge is 2.21. The zero-order valence-electron chi connectivity index (χ0n) is 21.1. The quantitative estimate of drug-likeness (QED) is 0.209. The molecule has 0 bridgehead atoms. The average molecular weight is 543 g/mol. The molecule has 2 N–H and O–H groups in total. The van der Waals surface area contributed by atoms with Crippen molar-refractivity contribution >= 4 is 34.4 Å². The Hall–Kier alpha value is -3.63. The van der Waals surface area contributed by atoms with Gasteiger partial charge in [0.2, 0.25) is 0 Å². The summed E-state index contributed by atoms with van der Waals surface area (Å²) in [4.78, 5) is 28.1. The number of carbonyl (C=O) groups is 2. The molecule has 0 aliphatic heterocycles. The number of aromatic nitrogens is 1. The molecule has 38 heavy (non-hydrogen) atoms. The van der Waals surface area contributed by atoms with Crippen LogP contribution in [0.5, 0.6) is 5.75 Å². The maximum Gasteiger partial charge on any atom is 0.331 e. The lowest BCUT2D eigenvalue weighted by molar-refractivity contribution is -0.132. The third-order valence-electron chi connectivity index (χ3n) is 6.13. The molecular weight excluding hydrogens is 514 g/mol. The predicted octanol–water partition coefficient (Wildman–Crippen LogP) is 6.20. The van der Waals surface area contributed by atoms with E-state index in [0.29, 0.717) is 18.1 Å². The molecule has 1 fully saturated rings. The monoisotopic (exact) mass is 542 g/mol. The number of hydrogen-bond donors (Lipinski definition) is 2. The molecule has 200 valence electrons. The number of aliphatic carboxylic acids is 1. The van der Waals surface area contributed by atoms with E-state index in [-0.39, 0.29) is 16.3 Å². The lowest BCUT2D eigenvalue weighted by atomic mass is 10.0. The van der Waals surface area contributed by atoms with Crippen LogP contribution in [-0.2, 0) is 16.0 Å². The minimum absolute atomic E-state index is 0.239. The van der Waals surface area contributed by atoms with Gasteiger partial charge in [-0.05, 0) is 68.4 Å². The number of rotatable bonds is 12. The van der Waals surface area contributed by atoms with Crippen LogP contribution in [0.25, 0.3) is 17.3 Å². The number of aryl methyl sites for hydroxylation is 1. The molecule has 1 heterocycles. The van der Waals surface area contributed by atoms with Gasteiger partial charge in [0, 0.05) is 40.9 Å². The van der Waals surface area contributed by atoms with Crippen molar-refractivity contribution in [3.8, 4) is 17.0 Å². The third-order valence-corrected chi connectivity index (χ3v) is 6.88. The zero-order chi connectivity index (χ0) is 27.2. The van der Waals surface area contributed by atoms with Gasteiger partial charge in [0.1, 0.15) is 17.4 Å². The maximum atomic E-state index is 14.5. The number of amides is 1. The standard InChI is InChI=1S/C28H28F2N2O5S/c1-16(27(34)35)11-21-22(29)12-19(13-23(21)30)26(33)32-28-31-24(15-38-28)20-7-3-5-18(25(20)36-2)6-4-10-37-14-17-8-9-17/h3,5,7,11-13,15,17H,4,6,8-10,14H2,1-2H3,(H,34,35)(H,31,32,33)/b16-11+. The molecule has 1 aromatic heterocycles. The van der Waals surface area contributed by atoms with E-state index in [4.69, 9.17) is 14.6 Å². The van der Waals surface area contributed by atoms with Gasteiger partial charge >= 0.3 is 5.97 Å². The smallest absolute Gasteiger partial charge is 0.331 e. The SMILES string of the molecule is COc1c(CCCOCC2CC2)cccc1-c1csc(NC(=O)c2cc(F)c(/C=C(\C)C(=O)O)c(F)c2)n1. The minimum atomic E-state index is -1.30. The number of nitrogens with zero attached hydrogens (tertiary/aromatic N) is 1. The van der Waals surface area contributed by atoms with Gasteiger partial charge in [0.05, 0.1) is 12.8 Å². The predicted molar refractivity (Wildman–Crippen MR) is 142 cm³/mol. The Labute approximate surface area is 223 Å². The number of carboxylic acids is 1. The molecule has 1 aliphatic carbocycles. The number of carboxylic acid groups (broad SMARTS) is 1. The van der Waals surface area contributed by atoms with E-state index in [0.717, 1.165) is 54.7 Å². The fraction of sp³-hybridized carbons (Fsp3) is 0.321. The van der Waals surface area contributed by atoms with E-state index in [1.54, 1.807) is 12.5 Å². The molecule has 1 amide bonds. The Morgan fingerprint density at radius 2 is 1.97 bits per heavy atom. The summed E-state index contributed by atoms with van der Waals surface area (Å²) in [7, 11) is 1.60. The average Bonchev–Trinajstić information content (AvgIpc) is 3.60. The molecule has 3 aromatic rings. The van der Waals surface area contributed by atoms with Gasteiger partial charge in [-0.3, -0.25) is 10.1 Å². The van der Waals surface area contributed by atoms with Gasteiger partial charge in [0.15, 0.2) is 5.13 Å². The normalized spacial score (nSPS) is 13.4. The second kappa shape index (κ2) is 12.3. The van der Waals surface area contributed by atoms with Crippen molar-refractivity contribution in [2.45, 2.75) is 32.6 Å². The van der Waals surface area contributed by atoms with Gasteiger partial charge in [-0.25, -0.2) is 18.6 Å². The van der Waals surface area contributed by atoms with Crippen LogP contribution in [0.1, 0.15) is 47.7 Å². The van der Waals surface area contributed by atoms with Crippen LogP contribution in [0.4, 0.5) is 13.9 Å². The van der Waals surface area contributed by atoms with Crippen molar-refractivity contribution in [3.05, 3.63) is 69.6 Å². The molecule has 4 rings (SSSR count). The summed E-state index contributed by atoms with van der Waals surface area (Å²) in [5, 5.41) is 13.5. The molecule has 0 atom stereocenters. The Morgan fingerprint density at radius 3 is 2.63 bits per heavy atom. The van der Waals surface area contributed by atoms with Gasteiger partial charge in [-0.1, -0.05) is 12.1 Å². The first-order chi connectivity index (χ1) is 18.3. The maximum absolute atomic E-state index is 14.5. The molecule has 2 aromatic carbocycles. The highest BCUT2D eigenvalue weighted by molar-refractivity contribution is 7.14. The van der Waals surface area contributed by atoms with Crippen LogP contribution < -0.4 is 10.1 Å². The Balaban J connectivity index is 1.45. The Morgan fingerprint density at radius 1 is 1.24 bits per heavy atom. The molecule has 0 spiro atoms. The van der Waals surface area contributed by atoms with E-state index >= 15 is 0 Å². The first-order valence-corrected chi connectivity index (χ1v) is 13.1. The lowest BCUT2D eigenvalue weighted by Gasteiger charge is -2.12. The van der Waals surface area contributed by atoms with Crippen molar-refractivity contribution in [1.82, 2.24) is 4.98 Å². The summed E-state index contributed by atoms with van der Waals surface area (Å²) < 4.78 is 40.3. The number of carbonyl (C=O) groups excluding carboxylic acids is 1. The third kappa shape index (κ3) is 6.81. The van der Waals surface area contributed by atoms with Crippen molar-refractivity contribution in [2.24, 2.45) is 5.92 Å². The summed E-state index contributed by atoms with van der Waals surface area (Å²) in [5.41, 5.74) is 1.36. The van der Waals surface area contributed by atoms with Crippen molar-refractivity contribution < 1.29 is 33.0 Å². The van der Waals surface area contributed by atoms with E-state index in [1.165, 1.54) is 31.1 Å². The topological polar surface area (TPSA) is 97.8 Å². The number of thiazole rings is 1. The van der Waals surface area contributed by atoms with Crippen LogP contribution in [-0.4, -0.2) is 42.3 Å². The fourth-order valence-electron chi connectivity index (χ4n) is 3.88. The van der Waals surface area contributed by atoms with Crippen LogP contribution in [0.2, 0.25) is 0 Å². The van der Waals surface area contributed by atoms with Gasteiger partial charge in [-0.2, -0.15) is 0 Å². The molecule has 0 radical (unpaired) electrons. The van der Waals surface area contributed by atoms with E-state index in [9.17, 15) is 18.4 Å². The number of nitrogens with one attached hydrogen (secondary N) is 1. The van der Waals surface area contributed by atoms with Crippen molar-refractivity contribution in [1.29, 1.82) is 0 Å². The number of ether oxygens (including phenoxy) is 2.